The SMILES string of the molecule is C=CCN(CCC(=O)NCCCOC)C(C)=O. The molecule has 0 fully saturated rings. The Morgan fingerprint density at radius 2 is 2.18 bits per heavy atom. The van der Waals surface area contributed by atoms with Crippen LogP contribution in [0.5, 0.6) is 0 Å². The molecule has 5 heteroatoms. The molecule has 0 spiro atoms. The minimum atomic E-state index is -0.0450. The molecule has 5 nitrogen and oxygen atoms in total. The second-order valence-corrected chi connectivity index (χ2v) is 3.70. The molecule has 98 valence electrons. The highest BCUT2D eigenvalue weighted by molar-refractivity contribution is 5.78. The van der Waals surface area contributed by atoms with E-state index in [2.05, 4.69) is 11.9 Å². The van der Waals surface area contributed by atoms with Gasteiger partial charge in [0.1, 0.15) is 0 Å². The van der Waals surface area contributed by atoms with Crippen LogP contribution in [0, 0.1) is 0 Å². The minimum absolute atomic E-state index is 0.0444. The summed E-state index contributed by atoms with van der Waals surface area (Å²) in [6, 6.07) is 0. The Kier molecular flexibility index (Phi) is 9.05. The van der Waals surface area contributed by atoms with Crippen molar-refractivity contribution in [1.82, 2.24) is 10.2 Å². The maximum absolute atomic E-state index is 11.4. The predicted molar refractivity (Wildman–Crippen MR) is 66.6 cm³/mol. The van der Waals surface area contributed by atoms with Crippen LogP contribution in [-0.4, -0.2) is 50.1 Å². The van der Waals surface area contributed by atoms with Crippen LogP contribution in [0.25, 0.3) is 0 Å². The molecule has 0 aromatic carbocycles. The van der Waals surface area contributed by atoms with Crippen molar-refractivity contribution in [2.24, 2.45) is 0 Å². The molecule has 0 unspecified atom stereocenters. The zero-order chi connectivity index (χ0) is 13.1. The first-order chi connectivity index (χ1) is 8.11. The Morgan fingerprint density at radius 3 is 2.71 bits per heavy atom. The zero-order valence-corrected chi connectivity index (χ0v) is 10.7. The fourth-order valence-corrected chi connectivity index (χ4v) is 1.30. The van der Waals surface area contributed by atoms with Crippen molar-refractivity contribution < 1.29 is 14.3 Å². The lowest BCUT2D eigenvalue weighted by molar-refractivity contribution is -0.129. The maximum atomic E-state index is 11.4. The zero-order valence-electron chi connectivity index (χ0n) is 10.7. The van der Waals surface area contributed by atoms with E-state index in [1.54, 1.807) is 18.1 Å². The Morgan fingerprint density at radius 1 is 1.47 bits per heavy atom. The van der Waals surface area contributed by atoms with Crippen LogP contribution in [0.3, 0.4) is 0 Å². The third-order valence-electron chi connectivity index (χ3n) is 2.25. The Bertz CT molecular complexity index is 254. The molecule has 0 atom stereocenters. The number of hydrogen-bond acceptors (Lipinski definition) is 3. The van der Waals surface area contributed by atoms with Crippen LogP contribution < -0.4 is 5.32 Å². The van der Waals surface area contributed by atoms with Gasteiger partial charge in [-0.25, -0.2) is 0 Å². The van der Waals surface area contributed by atoms with Gasteiger partial charge in [0, 0.05) is 46.7 Å². The van der Waals surface area contributed by atoms with Crippen LogP contribution in [0.1, 0.15) is 19.8 Å². The summed E-state index contributed by atoms with van der Waals surface area (Å²) in [5.41, 5.74) is 0. The van der Waals surface area contributed by atoms with Gasteiger partial charge < -0.3 is 15.0 Å². The summed E-state index contributed by atoms with van der Waals surface area (Å²) in [6.07, 6.45) is 2.77. The summed E-state index contributed by atoms with van der Waals surface area (Å²) in [4.78, 5) is 24.2. The lowest BCUT2D eigenvalue weighted by Gasteiger charge is -2.18. The van der Waals surface area contributed by atoms with Crippen LogP contribution in [0.2, 0.25) is 0 Å². The number of rotatable bonds is 9. The quantitative estimate of drug-likeness (QED) is 0.475. The fourth-order valence-electron chi connectivity index (χ4n) is 1.30. The Labute approximate surface area is 103 Å². The highest BCUT2D eigenvalue weighted by Crippen LogP contribution is 1.93. The van der Waals surface area contributed by atoms with Crippen LogP contribution in [-0.2, 0) is 14.3 Å². The molecule has 0 aromatic rings. The molecule has 0 aliphatic heterocycles. The standard InChI is InChI=1S/C12H22N2O3/c1-4-8-14(11(2)15)9-6-12(16)13-7-5-10-17-3/h4H,1,5-10H2,2-3H3,(H,13,16). The molecule has 0 bridgehead atoms. The average Bonchev–Trinajstić information content (AvgIpc) is 2.29. The number of nitrogens with zero attached hydrogens (tertiary/aromatic N) is 1. The summed E-state index contributed by atoms with van der Waals surface area (Å²) in [5, 5.41) is 2.77. The Balaban J connectivity index is 3.72. The number of nitrogens with one attached hydrogen (secondary N) is 1. The molecular weight excluding hydrogens is 220 g/mol. The highest BCUT2D eigenvalue weighted by atomic mass is 16.5. The number of hydrogen-bond donors (Lipinski definition) is 1. The molecule has 17 heavy (non-hydrogen) atoms. The van der Waals surface area contributed by atoms with Gasteiger partial charge in [0.2, 0.25) is 11.8 Å². The number of carbonyl (C=O) groups is 2. The van der Waals surface area contributed by atoms with Crippen molar-refractivity contribution in [3.63, 3.8) is 0 Å². The van der Waals surface area contributed by atoms with Crippen LogP contribution >= 0.6 is 0 Å². The summed E-state index contributed by atoms with van der Waals surface area (Å²) in [7, 11) is 1.63. The van der Waals surface area contributed by atoms with Crippen molar-refractivity contribution in [3.05, 3.63) is 12.7 Å². The van der Waals surface area contributed by atoms with Crippen molar-refractivity contribution in [3.8, 4) is 0 Å². The number of ether oxygens (including phenoxy) is 1. The highest BCUT2D eigenvalue weighted by Gasteiger charge is 2.08. The van der Waals surface area contributed by atoms with Gasteiger partial charge in [-0.15, -0.1) is 6.58 Å². The lowest BCUT2D eigenvalue weighted by Crippen LogP contribution is -2.34. The molecule has 0 saturated heterocycles. The molecule has 0 aromatic heterocycles. The van der Waals surface area contributed by atoms with E-state index in [0.29, 0.717) is 32.7 Å². The molecule has 0 aliphatic rings. The normalized spacial score (nSPS) is 9.76. The molecule has 0 heterocycles. The molecule has 0 rings (SSSR count). The lowest BCUT2D eigenvalue weighted by atomic mass is 10.3. The van der Waals surface area contributed by atoms with Gasteiger partial charge >= 0.3 is 0 Å². The van der Waals surface area contributed by atoms with E-state index in [0.717, 1.165) is 6.42 Å². The Hall–Kier alpha value is -1.36. The van der Waals surface area contributed by atoms with Gasteiger partial charge in [-0.1, -0.05) is 6.08 Å². The number of carbonyl (C=O) groups excluding carboxylic acids is 2. The largest absolute Gasteiger partial charge is 0.385 e. The topological polar surface area (TPSA) is 58.6 Å². The van der Waals surface area contributed by atoms with E-state index in [4.69, 9.17) is 4.74 Å². The van der Waals surface area contributed by atoms with Gasteiger partial charge in [-0.3, -0.25) is 9.59 Å². The summed E-state index contributed by atoms with van der Waals surface area (Å²) in [6.45, 7) is 7.20. The third-order valence-corrected chi connectivity index (χ3v) is 2.25. The fraction of sp³-hybridized carbons (Fsp3) is 0.667. The first-order valence-electron chi connectivity index (χ1n) is 5.73. The smallest absolute Gasteiger partial charge is 0.221 e. The van der Waals surface area contributed by atoms with E-state index in [1.165, 1.54) is 6.92 Å². The van der Waals surface area contributed by atoms with Crippen molar-refractivity contribution in [1.29, 1.82) is 0 Å². The van der Waals surface area contributed by atoms with E-state index in [-0.39, 0.29) is 11.8 Å². The monoisotopic (exact) mass is 242 g/mol. The van der Waals surface area contributed by atoms with Crippen LogP contribution in [0.4, 0.5) is 0 Å². The van der Waals surface area contributed by atoms with Gasteiger partial charge in [-0.05, 0) is 6.42 Å². The number of amides is 2. The summed E-state index contributed by atoms with van der Waals surface area (Å²) < 4.78 is 4.87. The first-order valence-corrected chi connectivity index (χ1v) is 5.73. The summed E-state index contributed by atoms with van der Waals surface area (Å²) in [5.74, 6) is -0.0894. The van der Waals surface area contributed by atoms with E-state index >= 15 is 0 Å². The predicted octanol–water partition coefficient (Wildman–Crippen LogP) is 0.564. The van der Waals surface area contributed by atoms with Crippen molar-refractivity contribution in [2.45, 2.75) is 19.8 Å². The molecule has 0 saturated carbocycles. The first kappa shape index (κ1) is 15.6. The molecule has 2 amide bonds. The van der Waals surface area contributed by atoms with E-state index in [9.17, 15) is 9.59 Å². The van der Waals surface area contributed by atoms with E-state index < -0.39 is 0 Å². The second-order valence-electron chi connectivity index (χ2n) is 3.70. The van der Waals surface area contributed by atoms with Gasteiger partial charge in [0.25, 0.3) is 0 Å². The van der Waals surface area contributed by atoms with Gasteiger partial charge in [0.05, 0.1) is 0 Å². The number of methoxy groups -OCH3 is 1. The molecule has 1 N–H and O–H groups in total. The molecule has 0 aliphatic carbocycles. The third kappa shape index (κ3) is 8.45. The molecule has 0 radical (unpaired) electrons. The van der Waals surface area contributed by atoms with Crippen LogP contribution in [0.15, 0.2) is 12.7 Å². The summed E-state index contributed by atoms with van der Waals surface area (Å²) >= 11 is 0. The van der Waals surface area contributed by atoms with E-state index in [1.807, 2.05) is 0 Å². The maximum Gasteiger partial charge on any atom is 0.221 e. The second kappa shape index (κ2) is 9.84. The minimum Gasteiger partial charge on any atom is -0.385 e. The van der Waals surface area contributed by atoms with Crippen molar-refractivity contribution >= 4 is 11.8 Å². The average molecular weight is 242 g/mol. The van der Waals surface area contributed by atoms with Crippen molar-refractivity contribution in [2.75, 3.05) is 33.4 Å². The molecular formula is C12H22N2O3. The van der Waals surface area contributed by atoms with Gasteiger partial charge in [-0.2, -0.15) is 0 Å². The van der Waals surface area contributed by atoms with Gasteiger partial charge in [0.15, 0.2) is 0 Å².